The van der Waals surface area contributed by atoms with Gasteiger partial charge in [0.2, 0.25) is 0 Å². The van der Waals surface area contributed by atoms with Crippen LogP contribution in [0.1, 0.15) is 12.0 Å². The topological polar surface area (TPSA) is 57.3 Å². The summed E-state index contributed by atoms with van der Waals surface area (Å²) in [5, 5.41) is 13.2. The minimum absolute atomic E-state index is 0.101. The Morgan fingerprint density at radius 3 is 3.06 bits per heavy atom. The SMILES string of the molecule is OCCOCCCNCc1ccc2cc[nH]c2c1. The molecule has 0 saturated carbocycles. The molecule has 1 heterocycles. The van der Waals surface area contributed by atoms with Crippen LogP contribution in [0.25, 0.3) is 10.9 Å². The molecule has 2 aromatic rings. The zero-order valence-corrected chi connectivity index (χ0v) is 10.5. The number of nitrogens with one attached hydrogen (secondary N) is 2. The summed E-state index contributed by atoms with van der Waals surface area (Å²) in [5.74, 6) is 0. The lowest BCUT2D eigenvalue weighted by Gasteiger charge is -2.05. The number of aliphatic hydroxyl groups excluding tert-OH is 1. The van der Waals surface area contributed by atoms with Crippen LogP contribution >= 0.6 is 0 Å². The summed E-state index contributed by atoms with van der Waals surface area (Å²) < 4.78 is 5.19. The number of benzene rings is 1. The zero-order chi connectivity index (χ0) is 12.6. The third-order valence-electron chi connectivity index (χ3n) is 2.83. The Morgan fingerprint density at radius 2 is 2.17 bits per heavy atom. The molecule has 0 aliphatic heterocycles. The third kappa shape index (κ3) is 3.84. The maximum absolute atomic E-state index is 8.54. The number of hydrogen-bond donors (Lipinski definition) is 3. The molecule has 4 nitrogen and oxygen atoms in total. The van der Waals surface area contributed by atoms with Crippen LogP contribution in [0.15, 0.2) is 30.5 Å². The molecule has 1 aromatic heterocycles. The fourth-order valence-corrected chi connectivity index (χ4v) is 1.90. The first-order valence-corrected chi connectivity index (χ1v) is 6.35. The van der Waals surface area contributed by atoms with Gasteiger partial charge in [-0.05, 0) is 36.0 Å². The van der Waals surface area contributed by atoms with Crippen molar-refractivity contribution in [1.29, 1.82) is 0 Å². The maximum atomic E-state index is 8.54. The molecule has 0 radical (unpaired) electrons. The molecule has 4 heteroatoms. The van der Waals surface area contributed by atoms with Crippen LogP contribution in [-0.4, -0.2) is 36.5 Å². The normalized spacial score (nSPS) is 11.2. The molecule has 0 aliphatic rings. The minimum atomic E-state index is 0.101. The fraction of sp³-hybridized carbons (Fsp3) is 0.429. The van der Waals surface area contributed by atoms with E-state index in [0.29, 0.717) is 13.2 Å². The van der Waals surface area contributed by atoms with Crippen LogP contribution < -0.4 is 5.32 Å². The average Bonchev–Trinajstić information content (AvgIpc) is 2.85. The number of ether oxygens (including phenoxy) is 1. The number of aromatic nitrogens is 1. The second-order valence-corrected chi connectivity index (χ2v) is 4.27. The van der Waals surface area contributed by atoms with E-state index in [-0.39, 0.29) is 6.61 Å². The number of H-pyrrole nitrogens is 1. The Kier molecular flexibility index (Phi) is 5.20. The van der Waals surface area contributed by atoms with Gasteiger partial charge in [-0.1, -0.05) is 12.1 Å². The van der Waals surface area contributed by atoms with Crippen LogP contribution in [-0.2, 0) is 11.3 Å². The molecule has 0 spiro atoms. The lowest BCUT2D eigenvalue weighted by atomic mass is 10.1. The Bertz CT molecular complexity index is 468. The van der Waals surface area contributed by atoms with E-state index in [1.54, 1.807) is 0 Å². The lowest BCUT2D eigenvalue weighted by Crippen LogP contribution is -2.16. The van der Waals surface area contributed by atoms with E-state index < -0.39 is 0 Å². The van der Waals surface area contributed by atoms with Crippen molar-refractivity contribution in [3.8, 4) is 0 Å². The van der Waals surface area contributed by atoms with E-state index in [1.165, 1.54) is 16.5 Å². The van der Waals surface area contributed by atoms with Gasteiger partial charge in [0.1, 0.15) is 0 Å². The third-order valence-corrected chi connectivity index (χ3v) is 2.83. The zero-order valence-electron chi connectivity index (χ0n) is 10.5. The van der Waals surface area contributed by atoms with Gasteiger partial charge in [-0.2, -0.15) is 0 Å². The van der Waals surface area contributed by atoms with Crippen LogP contribution in [0.4, 0.5) is 0 Å². The number of aromatic amines is 1. The predicted octanol–water partition coefficient (Wildman–Crippen LogP) is 1.66. The minimum Gasteiger partial charge on any atom is -0.394 e. The van der Waals surface area contributed by atoms with Gasteiger partial charge in [0, 0.05) is 24.9 Å². The molecule has 18 heavy (non-hydrogen) atoms. The second-order valence-electron chi connectivity index (χ2n) is 4.27. The van der Waals surface area contributed by atoms with Gasteiger partial charge in [0.25, 0.3) is 0 Å². The van der Waals surface area contributed by atoms with Crippen molar-refractivity contribution in [2.75, 3.05) is 26.4 Å². The summed E-state index contributed by atoms with van der Waals surface area (Å²) >= 11 is 0. The van der Waals surface area contributed by atoms with Crippen molar-refractivity contribution < 1.29 is 9.84 Å². The standard InChI is InChI=1S/C14H20N2O2/c17-7-9-18-8-1-5-15-11-12-2-3-13-4-6-16-14(13)10-12/h2-4,6,10,15-17H,1,5,7-9,11H2. The van der Waals surface area contributed by atoms with Crippen LogP contribution in [0.5, 0.6) is 0 Å². The van der Waals surface area contributed by atoms with E-state index in [0.717, 1.165) is 19.5 Å². The van der Waals surface area contributed by atoms with Gasteiger partial charge < -0.3 is 20.1 Å². The molecule has 0 aliphatic carbocycles. The van der Waals surface area contributed by atoms with Gasteiger partial charge in [-0.25, -0.2) is 0 Å². The van der Waals surface area contributed by atoms with E-state index in [4.69, 9.17) is 9.84 Å². The molecule has 0 amide bonds. The second kappa shape index (κ2) is 7.16. The van der Waals surface area contributed by atoms with Gasteiger partial charge in [0.05, 0.1) is 13.2 Å². The largest absolute Gasteiger partial charge is 0.394 e. The molecular weight excluding hydrogens is 228 g/mol. The van der Waals surface area contributed by atoms with Crippen LogP contribution in [0, 0.1) is 0 Å². The summed E-state index contributed by atoms with van der Waals surface area (Å²) in [6.45, 7) is 3.03. The highest BCUT2D eigenvalue weighted by molar-refractivity contribution is 5.79. The van der Waals surface area contributed by atoms with Crippen molar-refractivity contribution >= 4 is 10.9 Å². The predicted molar refractivity (Wildman–Crippen MR) is 72.5 cm³/mol. The molecular formula is C14H20N2O2. The van der Waals surface area contributed by atoms with Crippen molar-refractivity contribution in [2.24, 2.45) is 0 Å². The van der Waals surface area contributed by atoms with E-state index in [9.17, 15) is 0 Å². The van der Waals surface area contributed by atoms with E-state index in [2.05, 4.69) is 34.6 Å². The number of rotatable bonds is 8. The van der Waals surface area contributed by atoms with Gasteiger partial charge >= 0.3 is 0 Å². The first-order chi connectivity index (χ1) is 8.90. The molecule has 2 rings (SSSR count). The lowest BCUT2D eigenvalue weighted by molar-refractivity contribution is 0.0907. The Balaban J connectivity index is 1.67. The van der Waals surface area contributed by atoms with Crippen LogP contribution in [0.3, 0.4) is 0 Å². The highest BCUT2D eigenvalue weighted by atomic mass is 16.5. The molecule has 0 fully saturated rings. The smallest absolute Gasteiger partial charge is 0.0697 e. The Hall–Kier alpha value is -1.36. The van der Waals surface area contributed by atoms with Crippen molar-refractivity contribution in [2.45, 2.75) is 13.0 Å². The van der Waals surface area contributed by atoms with Gasteiger partial charge in [-0.3, -0.25) is 0 Å². The summed E-state index contributed by atoms with van der Waals surface area (Å²) in [6.07, 6.45) is 2.92. The fourth-order valence-electron chi connectivity index (χ4n) is 1.90. The van der Waals surface area contributed by atoms with Gasteiger partial charge in [0.15, 0.2) is 0 Å². The highest BCUT2D eigenvalue weighted by Gasteiger charge is 1.97. The van der Waals surface area contributed by atoms with E-state index >= 15 is 0 Å². The molecule has 0 bridgehead atoms. The molecule has 98 valence electrons. The maximum Gasteiger partial charge on any atom is 0.0697 e. The molecule has 0 unspecified atom stereocenters. The highest BCUT2D eigenvalue weighted by Crippen LogP contribution is 2.13. The average molecular weight is 248 g/mol. The van der Waals surface area contributed by atoms with E-state index in [1.807, 2.05) is 6.20 Å². The monoisotopic (exact) mass is 248 g/mol. The van der Waals surface area contributed by atoms with Crippen molar-refractivity contribution in [3.63, 3.8) is 0 Å². The summed E-state index contributed by atoms with van der Waals surface area (Å²) in [5.41, 5.74) is 2.46. The van der Waals surface area contributed by atoms with Gasteiger partial charge in [-0.15, -0.1) is 0 Å². The molecule has 0 saturated heterocycles. The molecule has 3 N–H and O–H groups in total. The number of aliphatic hydroxyl groups is 1. The number of fused-ring (bicyclic) bond motifs is 1. The Labute approximate surface area is 107 Å². The molecule has 1 aromatic carbocycles. The summed E-state index contributed by atoms with van der Waals surface area (Å²) in [7, 11) is 0. The summed E-state index contributed by atoms with van der Waals surface area (Å²) in [4.78, 5) is 3.21. The van der Waals surface area contributed by atoms with Crippen LogP contribution in [0.2, 0.25) is 0 Å². The Morgan fingerprint density at radius 1 is 1.22 bits per heavy atom. The first kappa shape index (κ1) is 13.1. The number of hydrogen-bond acceptors (Lipinski definition) is 3. The first-order valence-electron chi connectivity index (χ1n) is 6.35. The van der Waals surface area contributed by atoms with Crippen molar-refractivity contribution in [3.05, 3.63) is 36.0 Å². The quantitative estimate of drug-likeness (QED) is 0.623. The molecule has 0 atom stereocenters. The van der Waals surface area contributed by atoms with Crippen molar-refractivity contribution in [1.82, 2.24) is 10.3 Å². The summed E-state index contributed by atoms with van der Waals surface area (Å²) in [6, 6.07) is 8.52.